The molecular weight excluding hydrogens is 541 g/mol. The lowest BCUT2D eigenvalue weighted by Crippen LogP contribution is -2.48. The van der Waals surface area contributed by atoms with Crippen LogP contribution in [0.3, 0.4) is 0 Å². The van der Waals surface area contributed by atoms with Crippen LogP contribution in [0, 0.1) is 23.7 Å². The number of aryl methyl sites for hydroxylation is 1. The van der Waals surface area contributed by atoms with E-state index in [0.29, 0.717) is 36.0 Å². The van der Waals surface area contributed by atoms with Crippen molar-refractivity contribution < 1.29 is 23.4 Å². The van der Waals surface area contributed by atoms with E-state index in [9.17, 15) is 9.18 Å². The van der Waals surface area contributed by atoms with E-state index in [4.69, 9.17) is 25.8 Å². The number of carbonyl (C=O) groups excluding carboxylic acids is 1. The van der Waals surface area contributed by atoms with Crippen molar-refractivity contribution in [2.24, 2.45) is 23.7 Å². The molecule has 2 fully saturated rings. The molecule has 4 atom stereocenters. The minimum absolute atomic E-state index is 0.0677. The molecule has 5 nitrogen and oxygen atoms in total. The van der Waals surface area contributed by atoms with Gasteiger partial charge in [-0.3, -0.25) is 4.79 Å². The van der Waals surface area contributed by atoms with Crippen molar-refractivity contribution in [3.8, 4) is 5.75 Å². The molecule has 2 heterocycles. The van der Waals surface area contributed by atoms with E-state index in [-0.39, 0.29) is 17.8 Å². The Labute approximate surface area is 249 Å². The van der Waals surface area contributed by atoms with Crippen molar-refractivity contribution in [1.29, 1.82) is 0 Å². The lowest BCUT2D eigenvalue weighted by atomic mass is 9.65. The van der Waals surface area contributed by atoms with Crippen LogP contribution < -0.4 is 9.64 Å². The van der Waals surface area contributed by atoms with E-state index in [2.05, 4.69) is 37.8 Å². The molecule has 0 radical (unpaired) electrons. The van der Waals surface area contributed by atoms with E-state index in [1.807, 2.05) is 6.07 Å². The Bertz CT molecular complexity index is 1180. The molecule has 2 aromatic carbocycles. The maximum absolute atomic E-state index is 13.9. The minimum atomic E-state index is -1.42. The van der Waals surface area contributed by atoms with Gasteiger partial charge in [0.25, 0.3) is 0 Å². The minimum Gasteiger partial charge on any atom is -0.491 e. The van der Waals surface area contributed by atoms with E-state index >= 15 is 0 Å². The van der Waals surface area contributed by atoms with Crippen molar-refractivity contribution in [3.63, 3.8) is 0 Å². The average Bonchev–Trinajstić information content (AvgIpc) is 3.13. The first kappa shape index (κ1) is 30.3. The second-order valence-corrected chi connectivity index (χ2v) is 12.8. The maximum atomic E-state index is 13.9. The molecule has 1 saturated heterocycles. The predicted molar refractivity (Wildman–Crippen MR) is 162 cm³/mol. The Morgan fingerprint density at radius 1 is 1.07 bits per heavy atom. The van der Waals surface area contributed by atoms with Crippen LogP contribution in [0.5, 0.6) is 5.75 Å². The summed E-state index contributed by atoms with van der Waals surface area (Å²) in [6.45, 7) is 10.2. The molecule has 1 saturated carbocycles. The highest BCUT2D eigenvalue weighted by molar-refractivity contribution is 6.30. The first-order valence-corrected chi connectivity index (χ1v) is 16.0. The first-order valence-electron chi connectivity index (χ1n) is 15.6. The van der Waals surface area contributed by atoms with E-state index in [0.717, 1.165) is 75.5 Å². The van der Waals surface area contributed by atoms with Gasteiger partial charge in [0.2, 0.25) is 0 Å². The molecule has 2 aliphatic heterocycles. The van der Waals surface area contributed by atoms with E-state index < -0.39 is 6.04 Å². The SMILES string of the molecule is CCCCC(C1OCC(C)CO1)C1CCC1CN1CC(c2ccc(Cl)cc2CCC)COc2ccc(C(=O)F)cc21. The smallest absolute Gasteiger partial charge is 0.332 e. The highest BCUT2D eigenvalue weighted by atomic mass is 35.5. The zero-order valence-electron chi connectivity index (χ0n) is 24.7. The zero-order valence-corrected chi connectivity index (χ0v) is 25.5. The highest BCUT2D eigenvalue weighted by Gasteiger charge is 2.43. The van der Waals surface area contributed by atoms with Gasteiger partial charge in [0.15, 0.2) is 6.29 Å². The van der Waals surface area contributed by atoms with Gasteiger partial charge in [-0.2, -0.15) is 4.39 Å². The molecule has 0 amide bonds. The predicted octanol–water partition coefficient (Wildman–Crippen LogP) is 8.23. The molecule has 4 unspecified atom stereocenters. The van der Waals surface area contributed by atoms with Gasteiger partial charge in [-0.15, -0.1) is 0 Å². The molecule has 41 heavy (non-hydrogen) atoms. The number of nitrogens with zero attached hydrogens (tertiary/aromatic N) is 1. The normalized spacial score (nSPS) is 26.9. The van der Waals surface area contributed by atoms with Gasteiger partial charge in [0.05, 0.1) is 31.1 Å². The number of anilines is 1. The Morgan fingerprint density at radius 2 is 1.88 bits per heavy atom. The molecule has 224 valence electrons. The van der Waals surface area contributed by atoms with Gasteiger partial charge >= 0.3 is 6.04 Å². The van der Waals surface area contributed by atoms with Crippen LogP contribution in [-0.4, -0.2) is 45.2 Å². The van der Waals surface area contributed by atoms with E-state index in [1.165, 1.54) is 23.6 Å². The van der Waals surface area contributed by atoms with Crippen LogP contribution in [0.2, 0.25) is 5.02 Å². The number of fused-ring (bicyclic) bond motifs is 1. The van der Waals surface area contributed by atoms with Gasteiger partial charge in [0, 0.05) is 35.9 Å². The van der Waals surface area contributed by atoms with Crippen molar-refractivity contribution in [1.82, 2.24) is 0 Å². The molecule has 0 N–H and O–H groups in total. The third-order valence-corrected chi connectivity index (χ3v) is 9.52. The molecule has 2 aromatic rings. The summed E-state index contributed by atoms with van der Waals surface area (Å²) in [4.78, 5) is 14.1. The van der Waals surface area contributed by atoms with E-state index in [1.54, 1.807) is 12.1 Å². The zero-order chi connectivity index (χ0) is 28.9. The third kappa shape index (κ3) is 7.09. The molecule has 0 bridgehead atoms. The van der Waals surface area contributed by atoms with Crippen LogP contribution in [0.1, 0.15) is 86.7 Å². The second-order valence-electron chi connectivity index (χ2n) is 12.4. The number of benzene rings is 2. The summed E-state index contributed by atoms with van der Waals surface area (Å²) < 4.78 is 32.7. The quantitative estimate of drug-likeness (QED) is 0.249. The number of unbranched alkanes of at least 4 members (excludes halogenated alkanes) is 1. The van der Waals surface area contributed by atoms with Gasteiger partial charge in [0.1, 0.15) is 5.75 Å². The largest absolute Gasteiger partial charge is 0.491 e. The fourth-order valence-corrected chi connectivity index (χ4v) is 7.15. The Morgan fingerprint density at radius 3 is 2.56 bits per heavy atom. The summed E-state index contributed by atoms with van der Waals surface area (Å²) in [5.74, 6) is 2.58. The number of carbonyl (C=O) groups is 1. The molecule has 3 aliphatic rings. The van der Waals surface area contributed by atoms with Gasteiger partial charge in [-0.05, 0) is 79.0 Å². The fourth-order valence-electron chi connectivity index (χ4n) is 6.96. The molecule has 1 aliphatic carbocycles. The van der Waals surface area contributed by atoms with Crippen molar-refractivity contribution in [2.45, 2.75) is 77.9 Å². The van der Waals surface area contributed by atoms with Crippen LogP contribution in [0.15, 0.2) is 36.4 Å². The highest BCUT2D eigenvalue weighted by Crippen LogP contribution is 2.47. The lowest BCUT2D eigenvalue weighted by Gasteiger charge is -2.47. The van der Waals surface area contributed by atoms with Gasteiger partial charge < -0.3 is 19.1 Å². The average molecular weight is 586 g/mol. The Kier molecular flexibility index (Phi) is 10.3. The Hall–Kier alpha value is -2.15. The van der Waals surface area contributed by atoms with Crippen LogP contribution in [-0.2, 0) is 15.9 Å². The molecule has 0 spiro atoms. The lowest BCUT2D eigenvalue weighted by molar-refractivity contribution is -0.238. The summed E-state index contributed by atoms with van der Waals surface area (Å²) in [7, 11) is 0. The van der Waals surface area contributed by atoms with Crippen LogP contribution in [0.4, 0.5) is 10.1 Å². The summed E-state index contributed by atoms with van der Waals surface area (Å²) in [6, 6.07) is 9.70. The number of rotatable bonds is 11. The molecule has 0 aromatic heterocycles. The standard InChI is InChI=1S/C34H45ClFNO4/c1-4-6-8-30(34-40-19-22(3)20-41-34)29-12-9-25(29)17-37-18-26(28-13-11-27(35)15-23(28)7-5-2)21-39-32-14-10-24(33(36)38)16-31(32)37/h10-11,13-16,22,25-26,29-30,34H,4-9,12,17-21H2,1-3H3. The monoisotopic (exact) mass is 585 g/mol. The number of hydrogen-bond acceptors (Lipinski definition) is 5. The summed E-state index contributed by atoms with van der Waals surface area (Å²) >= 11 is 6.39. The first-order chi connectivity index (χ1) is 19.9. The summed E-state index contributed by atoms with van der Waals surface area (Å²) in [5, 5.41) is 0.745. The topological polar surface area (TPSA) is 48.0 Å². The molecule has 7 heteroatoms. The van der Waals surface area contributed by atoms with Gasteiger partial charge in [-0.25, -0.2) is 0 Å². The molecule has 5 rings (SSSR count). The number of ether oxygens (including phenoxy) is 3. The van der Waals surface area contributed by atoms with Crippen molar-refractivity contribution >= 4 is 23.3 Å². The Balaban J connectivity index is 1.42. The number of halogens is 2. The van der Waals surface area contributed by atoms with Crippen molar-refractivity contribution in [2.75, 3.05) is 37.8 Å². The summed E-state index contributed by atoms with van der Waals surface area (Å²) in [6.07, 6.45) is 7.55. The van der Waals surface area contributed by atoms with Crippen LogP contribution in [0.25, 0.3) is 0 Å². The number of hydrogen-bond donors (Lipinski definition) is 0. The maximum Gasteiger partial charge on any atom is 0.332 e. The third-order valence-electron chi connectivity index (χ3n) is 9.28. The second kappa shape index (κ2) is 13.9. The summed E-state index contributed by atoms with van der Waals surface area (Å²) in [5.41, 5.74) is 3.37. The fraction of sp³-hybridized carbons (Fsp3) is 0.618. The van der Waals surface area contributed by atoms with Crippen molar-refractivity contribution in [3.05, 3.63) is 58.1 Å². The van der Waals surface area contributed by atoms with Crippen LogP contribution >= 0.6 is 11.6 Å². The molecular formula is C34H45ClFNO4. The van der Waals surface area contributed by atoms with Gasteiger partial charge in [-0.1, -0.05) is 57.7 Å².